The van der Waals surface area contributed by atoms with Crippen molar-refractivity contribution in [2.75, 3.05) is 24.8 Å². The fourth-order valence-electron chi connectivity index (χ4n) is 2.81. The van der Waals surface area contributed by atoms with Gasteiger partial charge >= 0.3 is 0 Å². The molecule has 1 N–H and O–H groups in total. The zero-order valence-electron chi connectivity index (χ0n) is 16.7. The first-order valence-electron chi connectivity index (χ1n) is 8.72. The summed E-state index contributed by atoms with van der Waals surface area (Å²) >= 11 is 0. The molecule has 2 aromatic rings. The zero-order chi connectivity index (χ0) is 20.9. The van der Waals surface area contributed by atoms with Crippen LogP contribution < -0.4 is 19.1 Å². The summed E-state index contributed by atoms with van der Waals surface area (Å²) in [4.78, 5) is 12.6. The molecule has 0 bridgehead atoms. The number of anilines is 1. The van der Waals surface area contributed by atoms with Crippen molar-refractivity contribution < 1.29 is 22.7 Å². The molecule has 0 saturated heterocycles. The van der Waals surface area contributed by atoms with Crippen molar-refractivity contribution in [2.45, 2.75) is 26.4 Å². The summed E-state index contributed by atoms with van der Waals surface area (Å²) in [5.41, 5.74) is 2.38. The van der Waals surface area contributed by atoms with E-state index in [1.807, 2.05) is 31.2 Å². The number of ether oxygens (including phenoxy) is 2. The second-order valence-electron chi connectivity index (χ2n) is 6.48. The lowest BCUT2D eigenvalue weighted by molar-refractivity contribution is -0.122. The Morgan fingerprint density at radius 2 is 1.68 bits per heavy atom. The molecule has 0 unspecified atom stereocenters. The fraction of sp³-hybridized carbons (Fsp3) is 0.350. The molecule has 0 aliphatic heterocycles. The molecule has 2 aromatic carbocycles. The van der Waals surface area contributed by atoms with E-state index in [-0.39, 0.29) is 0 Å². The number of benzene rings is 2. The van der Waals surface area contributed by atoms with Crippen LogP contribution in [0.25, 0.3) is 0 Å². The fourth-order valence-corrected chi connectivity index (χ4v) is 3.98. The predicted octanol–water partition coefficient (Wildman–Crippen LogP) is 2.48. The van der Waals surface area contributed by atoms with Crippen molar-refractivity contribution in [2.24, 2.45) is 0 Å². The highest BCUT2D eigenvalue weighted by atomic mass is 32.2. The second kappa shape index (κ2) is 8.97. The number of aryl methyl sites for hydroxylation is 1. The number of nitrogens with one attached hydrogen (secondary N) is 1. The third-order valence-electron chi connectivity index (χ3n) is 4.30. The van der Waals surface area contributed by atoms with Crippen LogP contribution in [0.3, 0.4) is 0 Å². The van der Waals surface area contributed by atoms with E-state index < -0.39 is 22.0 Å². The van der Waals surface area contributed by atoms with Gasteiger partial charge in [0.25, 0.3) is 0 Å². The molecule has 1 atom stereocenters. The molecule has 7 nitrogen and oxygen atoms in total. The van der Waals surface area contributed by atoms with Crippen molar-refractivity contribution in [3.8, 4) is 11.5 Å². The molecule has 0 aliphatic rings. The number of hydrogen-bond donors (Lipinski definition) is 1. The summed E-state index contributed by atoms with van der Waals surface area (Å²) in [6.07, 6.45) is 1.06. The van der Waals surface area contributed by atoms with Crippen molar-refractivity contribution in [3.05, 3.63) is 53.6 Å². The predicted molar refractivity (Wildman–Crippen MR) is 109 cm³/mol. The van der Waals surface area contributed by atoms with Crippen molar-refractivity contribution in [3.63, 3.8) is 0 Å². The summed E-state index contributed by atoms with van der Waals surface area (Å²) in [5, 5.41) is 2.79. The Balaban J connectivity index is 2.25. The van der Waals surface area contributed by atoms with Gasteiger partial charge in [-0.3, -0.25) is 9.10 Å². The highest BCUT2D eigenvalue weighted by Gasteiger charge is 2.29. The Kier molecular flexibility index (Phi) is 6.90. The van der Waals surface area contributed by atoms with Gasteiger partial charge in [-0.25, -0.2) is 8.42 Å². The summed E-state index contributed by atoms with van der Waals surface area (Å²) in [6, 6.07) is 11.5. The van der Waals surface area contributed by atoms with Crippen LogP contribution in [0.15, 0.2) is 42.5 Å². The second-order valence-corrected chi connectivity index (χ2v) is 8.34. The first-order chi connectivity index (χ1) is 13.2. The first-order valence-corrected chi connectivity index (χ1v) is 10.6. The molecule has 0 spiro atoms. The van der Waals surface area contributed by atoms with Crippen molar-refractivity contribution in [1.29, 1.82) is 0 Å². The van der Waals surface area contributed by atoms with E-state index in [0.29, 0.717) is 23.7 Å². The van der Waals surface area contributed by atoms with Crippen LogP contribution in [0, 0.1) is 6.92 Å². The molecule has 0 saturated carbocycles. The Morgan fingerprint density at radius 3 is 2.21 bits per heavy atom. The Morgan fingerprint density at radius 1 is 1.07 bits per heavy atom. The van der Waals surface area contributed by atoms with Crippen LogP contribution in [0.5, 0.6) is 11.5 Å². The third kappa shape index (κ3) is 5.16. The molecule has 8 heteroatoms. The minimum Gasteiger partial charge on any atom is -0.493 e. The Labute approximate surface area is 166 Å². The normalized spacial score (nSPS) is 12.2. The average Bonchev–Trinajstić information content (AvgIpc) is 2.66. The molecule has 0 aromatic heterocycles. The van der Waals surface area contributed by atoms with Crippen LogP contribution in [0.4, 0.5) is 5.69 Å². The van der Waals surface area contributed by atoms with Gasteiger partial charge in [0, 0.05) is 12.6 Å². The quantitative estimate of drug-likeness (QED) is 0.728. The first kappa shape index (κ1) is 21.6. The summed E-state index contributed by atoms with van der Waals surface area (Å²) in [6.45, 7) is 3.84. The van der Waals surface area contributed by atoms with Crippen LogP contribution >= 0.6 is 0 Å². The molecule has 0 fully saturated rings. The van der Waals surface area contributed by atoms with E-state index in [0.717, 1.165) is 21.7 Å². The number of amides is 1. The van der Waals surface area contributed by atoms with Crippen LogP contribution in [-0.2, 0) is 21.4 Å². The maximum absolute atomic E-state index is 12.6. The third-order valence-corrected chi connectivity index (χ3v) is 5.54. The van der Waals surface area contributed by atoms with E-state index >= 15 is 0 Å². The summed E-state index contributed by atoms with van der Waals surface area (Å²) in [7, 11) is -0.764. The highest BCUT2D eigenvalue weighted by Crippen LogP contribution is 2.33. The number of methoxy groups -OCH3 is 2. The number of hydrogen-bond acceptors (Lipinski definition) is 5. The number of sulfonamides is 1. The molecule has 152 valence electrons. The van der Waals surface area contributed by atoms with E-state index in [4.69, 9.17) is 9.47 Å². The molecule has 0 aliphatic carbocycles. The maximum atomic E-state index is 12.6. The Bertz CT molecular complexity index is 926. The number of carbonyl (C=O) groups excluding carboxylic acids is 1. The lowest BCUT2D eigenvalue weighted by Gasteiger charge is -2.28. The minimum atomic E-state index is -3.72. The number of carbonyl (C=O) groups is 1. The molecular weight excluding hydrogens is 380 g/mol. The van der Waals surface area contributed by atoms with E-state index in [9.17, 15) is 13.2 Å². The van der Waals surface area contributed by atoms with Gasteiger partial charge in [-0.15, -0.1) is 0 Å². The molecule has 0 heterocycles. The van der Waals surface area contributed by atoms with Gasteiger partial charge in [0.15, 0.2) is 11.5 Å². The van der Waals surface area contributed by atoms with Crippen LogP contribution in [0.2, 0.25) is 0 Å². The van der Waals surface area contributed by atoms with Crippen molar-refractivity contribution >= 4 is 21.6 Å². The van der Waals surface area contributed by atoms with E-state index in [1.165, 1.54) is 20.3 Å². The monoisotopic (exact) mass is 406 g/mol. The molecule has 28 heavy (non-hydrogen) atoms. The van der Waals surface area contributed by atoms with E-state index in [2.05, 4.69) is 5.32 Å². The highest BCUT2D eigenvalue weighted by molar-refractivity contribution is 7.92. The average molecular weight is 407 g/mol. The van der Waals surface area contributed by atoms with Gasteiger partial charge in [-0.1, -0.05) is 29.8 Å². The Hall–Kier alpha value is -2.74. The van der Waals surface area contributed by atoms with Gasteiger partial charge in [0.05, 0.1) is 26.2 Å². The van der Waals surface area contributed by atoms with E-state index in [1.54, 1.807) is 19.1 Å². The standard InChI is InChI=1S/C20H26N2O5S/c1-14-6-8-16(9-7-14)13-21-20(23)15(2)22(28(5,24)25)17-10-11-18(26-3)19(12-17)27-4/h6-12,15H,13H2,1-5H3,(H,21,23)/t15-/m0/s1. The maximum Gasteiger partial charge on any atom is 0.243 e. The van der Waals surface area contributed by atoms with Crippen molar-refractivity contribution in [1.82, 2.24) is 5.32 Å². The topological polar surface area (TPSA) is 84.9 Å². The lowest BCUT2D eigenvalue weighted by Crippen LogP contribution is -2.47. The smallest absolute Gasteiger partial charge is 0.243 e. The van der Waals surface area contributed by atoms with Gasteiger partial charge in [-0.2, -0.15) is 0 Å². The lowest BCUT2D eigenvalue weighted by atomic mass is 10.1. The molecule has 1 amide bonds. The molecule has 2 rings (SSSR count). The van der Waals surface area contributed by atoms with Gasteiger partial charge in [-0.05, 0) is 31.5 Å². The zero-order valence-corrected chi connectivity index (χ0v) is 17.5. The number of rotatable bonds is 8. The summed E-state index contributed by atoms with van der Waals surface area (Å²) < 4.78 is 36.3. The minimum absolute atomic E-state index is 0.312. The van der Waals surface area contributed by atoms with Crippen LogP contribution in [0.1, 0.15) is 18.1 Å². The van der Waals surface area contributed by atoms with Gasteiger partial charge < -0.3 is 14.8 Å². The summed E-state index contributed by atoms with van der Waals surface area (Å²) in [5.74, 6) is 0.442. The van der Waals surface area contributed by atoms with Crippen LogP contribution in [-0.4, -0.2) is 40.8 Å². The molecular formula is C20H26N2O5S. The molecule has 0 radical (unpaired) electrons. The van der Waals surface area contributed by atoms with Gasteiger partial charge in [0.2, 0.25) is 15.9 Å². The van der Waals surface area contributed by atoms with Gasteiger partial charge in [0.1, 0.15) is 6.04 Å². The largest absolute Gasteiger partial charge is 0.493 e. The SMILES string of the molecule is COc1ccc(N([C@@H](C)C(=O)NCc2ccc(C)cc2)S(C)(=O)=O)cc1OC. The number of nitrogens with zero attached hydrogens (tertiary/aromatic N) is 1.